The molecule has 12 heavy (non-hydrogen) atoms. The molecule has 0 fully saturated rings. The molecule has 0 aliphatic heterocycles. The summed E-state index contributed by atoms with van der Waals surface area (Å²) in [5.74, 6) is 0. The lowest BCUT2D eigenvalue weighted by molar-refractivity contribution is -1.24. The maximum atomic E-state index is 9.31. The second-order valence-electron chi connectivity index (χ2n) is 3.39. The molecule has 0 aromatic carbocycles. The number of rotatable bonds is 7. The van der Waals surface area contributed by atoms with Crippen LogP contribution in [0, 0.1) is 0 Å². The Morgan fingerprint density at radius 2 is 1.50 bits per heavy atom. The number of unbranched alkanes of at least 4 members (excludes halogenated alkanes) is 3. The molecule has 74 valence electrons. The van der Waals surface area contributed by atoms with Crippen LogP contribution in [0.5, 0.6) is 0 Å². The maximum Gasteiger partial charge on any atom is 0.142 e. The molecule has 0 aliphatic carbocycles. The van der Waals surface area contributed by atoms with Gasteiger partial charge in [-0.2, -0.15) is 10.4 Å². The standard InChI is InChI=1S/C9H22NO2/c1-3-5-6-7-9-10(11,12)8-4-2/h11-12H,3-9H2,1-2H3/q+1. The fraction of sp³-hybridized carbons (Fsp3) is 1.00. The molecule has 0 aliphatic rings. The van der Waals surface area contributed by atoms with Crippen LogP contribution >= 0.6 is 0 Å². The van der Waals surface area contributed by atoms with Crippen molar-refractivity contribution in [2.24, 2.45) is 0 Å². The van der Waals surface area contributed by atoms with E-state index in [0.29, 0.717) is 13.1 Å². The summed E-state index contributed by atoms with van der Waals surface area (Å²) in [5, 5.41) is 18.6. The molecule has 2 N–H and O–H groups in total. The van der Waals surface area contributed by atoms with Crippen molar-refractivity contribution in [1.82, 2.24) is 0 Å². The van der Waals surface area contributed by atoms with Gasteiger partial charge in [0.25, 0.3) is 0 Å². The topological polar surface area (TPSA) is 40.5 Å². The van der Waals surface area contributed by atoms with Gasteiger partial charge >= 0.3 is 0 Å². The number of nitrogens with zero attached hydrogens (tertiary/aromatic N) is 1. The summed E-state index contributed by atoms with van der Waals surface area (Å²) >= 11 is 0. The van der Waals surface area contributed by atoms with E-state index in [2.05, 4.69) is 6.92 Å². The van der Waals surface area contributed by atoms with Gasteiger partial charge in [0.05, 0.1) is 0 Å². The summed E-state index contributed by atoms with van der Waals surface area (Å²) < 4.78 is 0. The highest BCUT2D eigenvalue weighted by molar-refractivity contribution is 4.38. The minimum absolute atomic E-state index is 0.437. The van der Waals surface area contributed by atoms with Gasteiger partial charge in [0.15, 0.2) is 0 Å². The maximum absolute atomic E-state index is 9.31. The van der Waals surface area contributed by atoms with Gasteiger partial charge in [0, 0.05) is 6.42 Å². The molecule has 0 spiro atoms. The van der Waals surface area contributed by atoms with Crippen molar-refractivity contribution < 1.29 is 15.2 Å². The Bertz CT molecular complexity index is 105. The van der Waals surface area contributed by atoms with Crippen molar-refractivity contribution in [3.8, 4) is 0 Å². The third kappa shape index (κ3) is 6.58. The first kappa shape index (κ1) is 11.9. The molecule has 0 saturated carbocycles. The highest BCUT2D eigenvalue weighted by Crippen LogP contribution is 2.05. The van der Waals surface area contributed by atoms with E-state index in [-0.39, 0.29) is 0 Å². The molecule has 0 rings (SSSR count). The van der Waals surface area contributed by atoms with Crippen LogP contribution in [0.25, 0.3) is 0 Å². The Labute approximate surface area is 75.1 Å². The fourth-order valence-corrected chi connectivity index (χ4v) is 1.26. The van der Waals surface area contributed by atoms with E-state index in [0.717, 1.165) is 19.3 Å². The summed E-state index contributed by atoms with van der Waals surface area (Å²) in [6.45, 7) is 5.00. The third-order valence-corrected chi connectivity index (χ3v) is 1.95. The summed E-state index contributed by atoms with van der Waals surface area (Å²) in [6.07, 6.45) is 5.18. The largest absolute Gasteiger partial charge is 0.182 e. The predicted octanol–water partition coefficient (Wildman–Crippen LogP) is 2.57. The zero-order valence-electron chi connectivity index (χ0n) is 8.29. The predicted molar refractivity (Wildman–Crippen MR) is 48.0 cm³/mol. The second-order valence-corrected chi connectivity index (χ2v) is 3.39. The van der Waals surface area contributed by atoms with Crippen LogP contribution < -0.4 is 0 Å². The molecule has 0 saturated heterocycles. The van der Waals surface area contributed by atoms with Gasteiger partial charge in [-0.25, -0.2) is 0 Å². The Kier molecular flexibility index (Phi) is 6.34. The quantitative estimate of drug-likeness (QED) is 0.355. The van der Waals surface area contributed by atoms with Gasteiger partial charge < -0.3 is 0 Å². The Morgan fingerprint density at radius 3 is 2.00 bits per heavy atom. The molecule has 0 amide bonds. The van der Waals surface area contributed by atoms with Crippen molar-refractivity contribution in [1.29, 1.82) is 0 Å². The highest BCUT2D eigenvalue weighted by atomic mass is 16.8. The van der Waals surface area contributed by atoms with Crippen LogP contribution in [0.2, 0.25) is 0 Å². The molecule has 0 bridgehead atoms. The zero-order chi connectivity index (χ0) is 9.45. The minimum Gasteiger partial charge on any atom is -0.182 e. The van der Waals surface area contributed by atoms with Crippen molar-refractivity contribution in [3.63, 3.8) is 0 Å². The van der Waals surface area contributed by atoms with E-state index in [1.807, 2.05) is 6.92 Å². The lowest BCUT2D eigenvalue weighted by Crippen LogP contribution is -2.42. The summed E-state index contributed by atoms with van der Waals surface area (Å²) in [6, 6.07) is 0. The molecule has 0 atom stereocenters. The molecule has 0 unspecified atom stereocenters. The summed E-state index contributed by atoms with van der Waals surface area (Å²) in [4.78, 5) is -0.791. The first-order valence-corrected chi connectivity index (χ1v) is 4.95. The van der Waals surface area contributed by atoms with Gasteiger partial charge in [-0.3, -0.25) is 0 Å². The van der Waals surface area contributed by atoms with Crippen molar-refractivity contribution in [3.05, 3.63) is 0 Å². The first-order chi connectivity index (χ1) is 5.62. The molecular formula is C9H22NO2+. The van der Waals surface area contributed by atoms with E-state index in [1.165, 1.54) is 12.8 Å². The Morgan fingerprint density at radius 1 is 0.833 bits per heavy atom. The van der Waals surface area contributed by atoms with Crippen LogP contribution in [0.4, 0.5) is 0 Å². The monoisotopic (exact) mass is 176 g/mol. The second kappa shape index (κ2) is 6.40. The molecule has 0 heterocycles. The van der Waals surface area contributed by atoms with Crippen LogP contribution in [0.3, 0.4) is 0 Å². The normalized spacial score (nSPS) is 12.0. The molecule has 3 nitrogen and oxygen atoms in total. The molecule has 3 heteroatoms. The molecule has 0 radical (unpaired) electrons. The van der Waals surface area contributed by atoms with E-state index >= 15 is 0 Å². The van der Waals surface area contributed by atoms with Gasteiger partial charge in [-0.05, 0) is 17.7 Å². The van der Waals surface area contributed by atoms with Crippen LogP contribution in [0.1, 0.15) is 46.0 Å². The van der Waals surface area contributed by atoms with Crippen LogP contribution in [-0.4, -0.2) is 28.3 Å². The fourth-order valence-electron chi connectivity index (χ4n) is 1.26. The Hall–Kier alpha value is -0.120. The van der Waals surface area contributed by atoms with Gasteiger partial charge in [-0.1, -0.05) is 26.7 Å². The molecule has 0 aromatic rings. The number of hydroxylamine groups is 4. The van der Waals surface area contributed by atoms with E-state index < -0.39 is 4.81 Å². The number of hydrogen-bond acceptors (Lipinski definition) is 2. The lowest BCUT2D eigenvalue weighted by atomic mass is 10.2. The molecular weight excluding hydrogens is 154 g/mol. The zero-order valence-corrected chi connectivity index (χ0v) is 8.29. The smallest absolute Gasteiger partial charge is 0.142 e. The van der Waals surface area contributed by atoms with E-state index in [9.17, 15) is 10.4 Å². The van der Waals surface area contributed by atoms with Crippen LogP contribution in [-0.2, 0) is 0 Å². The number of quaternary nitrogens is 1. The van der Waals surface area contributed by atoms with Gasteiger partial charge in [0.2, 0.25) is 0 Å². The minimum atomic E-state index is -0.791. The van der Waals surface area contributed by atoms with Crippen LogP contribution in [0.15, 0.2) is 0 Å². The van der Waals surface area contributed by atoms with Crippen molar-refractivity contribution >= 4 is 0 Å². The van der Waals surface area contributed by atoms with E-state index in [1.54, 1.807) is 0 Å². The average molecular weight is 176 g/mol. The van der Waals surface area contributed by atoms with Gasteiger partial charge in [-0.15, -0.1) is 0 Å². The van der Waals surface area contributed by atoms with Crippen molar-refractivity contribution in [2.75, 3.05) is 13.1 Å². The summed E-state index contributed by atoms with van der Waals surface area (Å²) in [7, 11) is 0. The van der Waals surface area contributed by atoms with E-state index in [4.69, 9.17) is 0 Å². The molecule has 0 aromatic heterocycles. The highest BCUT2D eigenvalue weighted by Gasteiger charge is 2.19. The third-order valence-electron chi connectivity index (χ3n) is 1.95. The summed E-state index contributed by atoms with van der Waals surface area (Å²) in [5.41, 5.74) is 0. The van der Waals surface area contributed by atoms with Gasteiger partial charge in [0.1, 0.15) is 13.1 Å². The van der Waals surface area contributed by atoms with Crippen molar-refractivity contribution in [2.45, 2.75) is 46.0 Å². The lowest BCUT2D eigenvalue weighted by Gasteiger charge is -2.20. The Balaban J connectivity index is 3.33. The SMILES string of the molecule is CCCCCC[N+](O)(O)CCC. The number of hydrogen-bond donors (Lipinski definition) is 2. The average Bonchev–Trinajstić information content (AvgIpc) is 1.98. The first-order valence-electron chi connectivity index (χ1n) is 4.95.